The second-order valence-electron chi connectivity index (χ2n) is 3.45. The number of aromatic carboxylic acids is 1. The van der Waals surface area contributed by atoms with E-state index >= 15 is 0 Å². The number of aryl methyl sites for hydroxylation is 2. The van der Waals surface area contributed by atoms with Crippen molar-refractivity contribution in [3.05, 3.63) is 34.4 Å². The molecule has 0 atom stereocenters. The topological polar surface area (TPSA) is 63.3 Å². The highest BCUT2D eigenvalue weighted by Gasteiger charge is 2.12. The standard InChI is InChI=1S/C11H15NO2/c1-7-5-8(2)9(3-4-12)10(6-7)11(13)14/h5-6H,3-4,12H2,1-2H3,(H,13,14). The molecule has 0 saturated carbocycles. The Kier molecular flexibility index (Phi) is 3.25. The molecule has 0 spiro atoms. The maximum absolute atomic E-state index is 11.0. The molecule has 0 amide bonds. The van der Waals surface area contributed by atoms with Crippen molar-refractivity contribution in [2.45, 2.75) is 20.3 Å². The van der Waals surface area contributed by atoms with E-state index in [1.807, 2.05) is 19.9 Å². The molecular formula is C11H15NO2. The molecule has 1 aromatic carbocycles. The second kappa shape index (κ2) is 4.24. The molecule has 0 unspecified atom stereocenters. The van der Waals surface area contributed by atoms with E-state index in [1.165, 1.54) is 0 Å². The van der Waals surface area contributed by atoms with E-state index in [9.17, 15) is 4.79 Å². The van der Waals surface area contributed by atoms with Gasteiger partial charge in [0.2, 0.25) is 0 Å². The molecule has 0 aliphatic carbocycles. The van der Waals surface area contributed by atoms with Crippen LogP contribution in [0.4, 0.5) is 0 Å². The van der Waals surface area contributed by atoms with Crippen molar-refractivity contribution in [1.82, 2.24) is 0 Å². The number of hydrogen-bond acceptors (Lipinski definition) is 2. The molecule has 0 aliphatic heterocycles. The van der Waals surface area contributed by atoms with Gasteiger partial charge in [0.05, 0.1) is 5.56 Å². The van der Waals surface area contributed by atoms with E-state index in [0.717, 1.165) is 16.7 Å². The number of hydrogen-bond donors (Lipinski definition) is 2. The Hall–Kier alpha value is -1.35. The van der Waals surface area contributed by atoms with Crippen LogP contribution in [0.15, 0.2) is 12.1 Å². The molecule has 0 saturated heterocycles. The highest BCUT2D eigenvalue weighted by atomic mass is 16.4. The minimum absolute atomic E-state index is 0.382. The Labute approximate surface area is 83.6 Å². The van der Waals surface area contributed by atoms with E-state index in [0.29, 0.717) is 18.5 Å². The highest BCUT2D eigenvalue weighted by Crippen LogP contribution is 2.17. The summed E-state index contributed by atoms with van der Waals surface area (Å²) in [5.74, 6) is -0.875. The zero-order valence-corrected chi connectivity index (χ0v) is 8.50. The first-order valence-electron chi connectivity index (χ1n) is 4.59. The summed E-state index contributed by atoms with van der Waals surface area (Å²) in [7, 11) is 0. The van der Waals surface area contributed by atoms with Gasteiger partial charge in [-0.15, -0.1) is 0 Å². The molecule has 1 rings (SSSR count). The summed E-state index contributed by atoms with van der Waals surface area (Å²) in [5, 5.41) is 9.00. The van der Waals surface area contributed by atoms with Crippen molar-refractivity contribution in [3.8, 4) is 0 Å². The van der Waals surface area contributed by atoms with Gasteiger partial charge in [0.1, 0.15) is 0 Å². The van der Waals surface area contributed by atoms with E-state index in [-0.39, 0.29) is 0 Å². The first-order chi connectivity index (χ1) is 6.56. The third-order valence-electron chi connectivity index (χ3n) is 2.24. The lowest BCUT2D eigenvalue weighted by Gasteiger charge is -2.09. The number of carboxylic acid groups (broad SMARTS) is 1. The number of carbonyl (C=O) groups is 1. The smallest absolute Gasteiger partial charge is 0.335 e. The van der Waals surface area contributed by atoms with Crippen LogP contribution in [-0.4, -0.2) is 17.6 Å². The van der Waals surface area contributed by atoms with Crippen molar-refractivity contribution in [2.75, 3.05) is 6.54 Å². The maximum Gasteiger partial charge on any atom is 0.335 e. The van der Waals surface area contributed by atoms with Crippen LogP contribution in [0.25, 0.3) is 0 Å². The molecule has 76 valence electrons. The molecule has 1 aromatic rings. The van der Waals surface area contributed by atoms with Crippen LogP contribution in [0.5, 0.6) is 0 Å². The Morgan fingerprint density at radius 2 is 2.07 bits per heavy atom. The zero-order valence-electron chi connectivity index (χ0n) is 8.50. The largest absolute Gasteiger partial charge is 0.478 e. The lowest BCUT2D eigenvalue weighted by molar-refractivity contribution is 0.0695. The van der Waals surface area contributed by atoms with Crippen LogP contribution in [-0.2, 0) is 6.42 Å². The van der Waals surface area contributed by atoms with Crippen molar-refractivity contribution < 1.29 is 9.90 Å². The van der Waals surface area contributed by atoms with Crippen molar-refractivity contribution >= 4 is 5.97 Å². The molecular weight excluding hydrogens is 178 g/mol. The molecule has 0 aliphatic rings. The monoisotopic (exact) mass is 193 g/mol. The van der Waals surface area contributed by atoms with Gasteiger partial charge in [0.25, 0.3) is 0 Å². The second-order valence-corrected chi connectivity index (χ2v) is 3.45. The van der Waals surface area contributed by atoms with Crippen molar-refractivity contribution in [1.29, 1.82) is 0 Å². The normalized spacial score (nSPS) is 10.2. The first-order valence-corrected chi connectivity index (χ1v) is 4.59. The summed E-state index contributed by atoms with van der Waals surface area (Å²) in [4.78, 5) is 11.0. The molecule has 0 aromatic heterocycles. The van der Waals surface area contributed by atoms with Crippen LogP contribution in [0, 0.1) is 13.8 Å². The van der Waals surface area contributed by atoms with E-state index < -0.39 is 5.97 Å². The average molecular weight is 193 g/mol. The predicted molar refractivity (Wildman–Crippen MR) is 55.6 cm³/mol. The van der Waals surface area contributed by atoms with E-state index in [1.54, 1.807) is 6.07 Å². The first kappa shape index (κ1) is 10.7. The fourth-order valence-corrected chi connectivity index (χ4v) is 1.66. The minimum Gasteiger partial charge on any atom is -0.478 e. The molecule has 0 radical (unpaired) electrons. The van der Waals surface area contributed by atoms with Crippen LogP contribution in [0.1, 0.15) is 27.0 Å². The average Bonchev–Trinajstić information content (AvgIpc) is 2.09. The van der Waals surface area contributed by atoms with Crippen LogP contribution in [0.3, 0.4) is 0 Å². The van der Waals surface area contributed by atoms with Crippen molar-refractivity contribution in [3.63, 3.8) is 0 Å². The quantitative estimate of drug-likeness (QED) is 0.764. The fraction of sp³-hybridized carbons (Fsp3) is 0.364. The molecule has 0 bridgehead atoms. The van der Waals surface area contributed by atoms with E-state index in [2.05, 4.69) is 0 Å². The third-order valence-corrected chi connectivity index (χ3v) is 2.24. The SMILES string of the molecule is Cc1cc(C)c(CCN)c(C(=O)O)c1. The number of nitrogens with two attached hydrogens (primary N) is 1. The summed E-state index contributed by atoms with van der Waals surface area (Å²) in [6.45, 7) is 4.29. The van der Waals surface area contributed by atoms with Gasteiger partial charge in [-0.3, -0.25) is 0 Å². The summed E-state index contributed by atoms with van der Waals surface area (Å²) in [6, 6.07) is 3.68. The molecule has 14 heavy (non-hydrogen) atoms. The molecule has 3 heteroatoms. The fourth-order valence-electron chi connectivity index (χ4n) is 1.66. The van der Waals surface area contributed by atoms with Gasteiger partial charge in [0.15, 0.2) is 0 Å². The third kappa shape index (κ3) is 2.12. The molecule has 3 N–H and O–H groups in total. The van der Waals surface area contributed by atoms with E-state index in [4.69, 9.17) is 10.8 Å². The summed E-state index contributed by atoms with van der Waals surface area (Å²) in [5.41, 5.74) is 8.66. The minimum atomic E-state index is -0.875. The summed E-state index contributed by atoms with van der Waals surface area (Å²) < 4.78 is 0. The van der Waals surface area contributed by atoms with Gasteiger partial charge < -0.3 is 10.8 Å². The predicted octanol–water partition coefficient (Wildman–Crippen LogP) is 1.50. The molecule has 3 nitrogen and oxygen atoms in total. The van der Waals surface area contributed by atoms with Gasteiger partial charge >= 0.3 is 5.97 Å². The van der Waals surface area contributed by atoms with Gasteiger partial charge in [-0.05, 0) is 49.6 Å². The van der Waals surface area contributed by atoms with Gasteiger partial charge in [0, 0.05) is 0 Å². The zero-order chi connectivity index (χ0) is 10.7. The Balaban J connectivity index is 3.28. The molecule has 0 heterocycles. The van der Waals surface area contributed by atoms with Crippen LogP contribution in [0.2, 0.25) is 0 Å². The Morgan fingerprint density at radius 1 is 1.43 bits per heavy atom. The lowest BCUT2D eigenvalue weighted by Crippen LogP contribution is -2.10. The van der Waals surface area contributed by atoms with Crippen LogP contribution >= 0.6 is 0 Å². The number of carboxylic acids is 1. The van der Waals surface area contributed by atoms with Gasteiger partial charge in [-0.25, -0.2) is 4.79 Å². The Morgan fingerprint density at radius 3 is 2.57 bits per heavy atom. The maximum atomic E-state index is 11.0. The number of benzene rings is 1. The van der Waals surface area contributed by atoms with Crippen molar-refractivity contribution in [2.24, 2.45) is 5.73 Å². The highest BCUT2D eigenvalue weighted by molar-refractivity contribution is 5.90. The summed E-state index contributed by atoms with van der Waals surface area (Å²) >= 11 is 0. The van der Waals surface area contributed by atoms with Gasteiger partial charge in [-0.2, -0.15) is 0 Å². The van der Waals surface area contributed by atoms with Gasteiger partial charge in [-0.1, -0.05) is 6.07 Å². The molecule has 0 fully saturated rings. The Bertz CT molecular complexity index is 359. The number of rotatable bonds is 3. The van der Waals surface area contributed by atoms with Crippen LogP contribution < -0.4 is 5.73 Å². The lowest BCUT2D eigenvalue weighted by atomic mass is 9.96. The summed E-state index contributed by atoms with van der Waals surface area (Å²) in [6.07, 6.45) is 0.619.